The van der Waals surface area contributed by atoms with Crippen molar-refractivity contribution >= 4 is 11.0 Å². The van der Waals surface area contributed by atoms with E-state index in [9.17, 15) is 0 Å². The second-order valence-corrected chi connectivity index (χ2v) is 5.31. The molecule has 0 saturated carbocycles. The first-order chi connectivity index (χ1) is 7.44. The van der Waals surface area contributed by atoms with Crippen LogP contribution in [0.4, 0.5) is 0 Å². The summed E-state index contributed by atoms with van der Waals surface area (Å²) in [5.41, 5.74) is 3.53. The van der Waals surface area contributed by atoms with Crippen LogP contribution in [0.5, 0.6) is 0 Å². The lowest BCUT2D eigenvalue weighted by atomic mass is 10.1. The molecule has 3 heteroatoms. The van der Waals surface area contributed by atoms with E-state index in [1.807, 2.05) is 0 Å². The van der Waals surface area contributed by atoms with E-state index in [0.29, 0.717) is 0 Å². The van der Waals surface area contributed by atoms with Crippen LogP contribution >= 0.6 is 0 Å². The highest BCUT2D eigenvalue weighted by Gasteiger charge is 2.10. The van der Waals surface area contributed by atoms with Gasteiger partial charge < -0.3 is 10.3 Å². The van der Waals surface area contributed by atoms with Crippen molar-refractivity contribution in [3.05, 3.63) is 29.6 Å². The number of nitrogens with one attached hydrogen (secondary N) is 2. The predicted molar refractivity (Wildman–Crippen MR) is 67.4 cm³/mol. The van der Waals surface area contributed by atoms with Gasteiger partial charge in [0.2, 0.25) is 0 Å². The first-order valence-electron chi connectivity index (χ1n) is 5.64. The average Bonchev–Trinajstić information content (AvgIpc) is 2.55. The topological polar surface area (TPSA) is 40.7 Å². The number of aromatic nitrogens is 2. The van der Waals surface area contributed by atoms with Crippen molar-refractivity contribution < 1.29 is 0 Å². The summed E-state index contributed by atoms with van der Waals surface area (Å²) in [5.74, 6) is 0.996. The molecule has 16 heavy (non-hydrogen) atoms. The van der Waals surface area contributed by atoms with Gasteiger partial charge in [0.25, 0.3) is 0 Å². The number of aromatic amines is 1. The lowest BCUT2D eigenvalue weighted by Crippen LogP contribution is -2.35. The zero-order valence-electron chi connectivity index (χ0n) is 10.4. The molecule has 0 aliphatic rings. The van der Waals surface area contributed by atoms with Crippen molar-refractivity contribution in [1.82, 2.24) is 15.3 Å². The molecule has 86 valence electrons. The molecule has 2 N–H and O–H groups in total. The molecule has 0 radical (unpaired) electrons. The fourth-order valence-corrected chi connectivity index (χ4v) is 1.61. The summed E-state index contributed by atoms with van der Waals surface area (Å²) in [6.07, 6.45) is 0. The lowest BCUT2D eigenvalue weighted by molar-refractivity contribution is 0.419. The maximum Gasteiger partial charge on any atom is 0.121 e. The molecule has 0 fully saturated rings. The minimum absolute atomic E-state index is 0.120. The third-order valence-corrected chi connectivity index (χ3v) is 2.47. The molecular formula is C13H19N3. The van der Waals surface area contributed by atoms with Crippen LogP contribution in [0.3, 0.4) is 0 Å². The summed E-state index contributed by atoms with van der Waals surface area (Å²) in [6.45, 7) is 9.32. The number of hydrogen-bond acceptors (Lipinski definition) is 2. The Kier molecular flexibility index (Phi) is 2.72. The number of benzene rings is 1. The fourth-order valence-electron chi connectivity index (χ4n) is 1.61. The standard InChI is InChI=1S/C13H19N3/c1-9-5-6-10-11(7-9)16-12(15-10)8-14-13(2,3)4/h5-7,14H,8H2,1-4H3,(H,15,16). The Bertz CT molecular complexity index is 491. The highest BCUT2D eigenvalue weighted by atomic mass is 15.0. The Morgan fingerprint density at radius 2 is 2.06 bits per heavy atom. The van der Waals surface area contributed by atoms with Crippen LogP contribution in [0, 0.1) is 6.92 Å². The molecule has 0 unspecified atom stereocenters. The first kappa shape index (κ1) is 11.1. The number of nitrogens with zero attached hydrogens (tertiary/aromatic N) is 1. The van der Waals surface area contributed by atoms with Gasteiger partial charge in [-0.15, -0.1) is 0 Å². The van der Waals surface area contributed by atoms with Gasteiger partial charge in [-0.1, -0.05) is 6.07 Å². The molecule has 0 bridgehead atoms. The van der Waals surface area contributed by atoms with E-state index in [2.05, 4.69) is 61.2 Å². The van der Waals surface area contributed by atoms with Gasteiger partial charge >= 0.3 is 0 Å². The molecular weight excluding hydrogens is 198 g/mol. The minimum atomic E-state index is 0.120. The second kappa shape index (κ2) is 3.91. The van der Waals surface area contributed by atoms with E-state index in [0.717, 1.165) is 23.4 Å². The highest BCUT2D eigenvalue weighted by molar-refractivity contribution is 5.75. The zero-order valence-corrected chi connectivity index (χ0v) is 10.4. The molecule has 0 saturated heterocycles. The quantitative estimate of drug-likeness (QED) is 0.812. The molecule has 1 heterocycles. The van der Waals surface area contributed by atoms with Crippen LogP contribution < -0.4 is 5.32 Å². The Morgan fingerprint density at radius 1 is 1.31 bits per heavy atom. The number of fused-ring (bicyclic) bond motifs is 1. The van der Waals surface area contributed by atoms with E-state index in [1.54, 1.807) is 0 Å². The third-order valence-electron chi connectivity index (χ3n) is 2.47. The van der Waals surface area contributed by atoms with Crippen LogP contribution in [0.2, 0.25) is 0 Å². The highest BCUT2D eigenvalue weighted by Crippen LogP contribution is 2.13. The predicted octanol–water partition coefficient (Wildman–Crippen LogP) is 2.76. The van der Waals surface area contributed by atoms with Crippen LogP contribution in [0.15, 0.2) is 18.2 Å². The van der Waals surface area contributed by atoms with Crippen molar-refractivity contribution in [3.63, 3.8) is 0 Å². The number of imidazole rings is 1. The molecule has 0 amide bonds. The first-order valence-corrected chi connectivity index (χ1v) is 5.64. The van der Waals surface area contributed by atoms with Crippen molar-refractivity contribution in [1.29, 1.82) is 0 Å². The largest absolute Gasteiger partial charge is 0.341 e. The van der Waals surface area contributed by atoms with E-state index in [4.69, 9.17) is 0 Å². The van der Waals surface area contributed by atoms with E-state index in [1.165, 1.54) is 5.56 Å². The van der Waals surface area contributed by atoms with Crippen LogP contribution in [-0.4, -0.2) is 15.5 Å². The van der Waals surface area contributed by atoms with Crippen LogP contribution in [0.25, 0.3) is 11.0 Å². The number of aryl methyl sites for hydroxylation is 1. The van der Waals surface area contributed by atoms with Gasteiger partial charge in [-0.25, -0.2) is 4.98 Å². The Hall–Kier alpha value is -1.35. The maximum absolute atomic E-state index is 4.54. The van der Waals surface area contributed by atoms with Gasteiger partial charge in [0.05, 0.1) is 17.6 Å². The molecule has 0 aliphatic heterocycles. The smallest absolute Gasteiger partial charge is 0.121 e. The Balaban J connectivity index is 2.20. The van der Waals surface area contributed by atoms with E-state index < -0.39 is 0 Å². The van der Waals surface area contributed by atoms with E-state index in [-0.39, 0.29) is 5.54 Å². The number of H-pyrrole nitrogens is 1. The van der Waals surface area contributed by atoms with Crippen molar-refractivity contribution in [2.45, 2.75) is 39.8 Å². The van der Waals surface area contributed by atoms with Crippen molar-refractivity contribution in [2.24, 2.45) is 0 Å². The zero-order chi connectivity index (χ0) is 11.8. The van der Waals surface area contributed by atoms with Gasteiger partial charge in [0.1, 0.15) is 5.82 Å². The van der Waals surface area contributed by atoms with Gasteiger partial charge in [0.15, 0.2) is 0 Å². The molecule has 2 rings (SSSR count). The van der Waals surface area contributed by atoms with Gasteiger partial charge in [-0.05, 0) is 45.4 Å². The van der Waals surface area contributed by atoms with Gasteiger partial charge in [-0.3, -0.25) is 0 Å². The Labute approximate surface area is 96.3 Å². The Morgan fingerprint density at radius 3 is 2.75 bits per heavy atom. The monoisotopic (exact) mass is 217 g/mol. The van der Waals surface area contributed by atoms with Crippen molar-refractivity contribution in [3.8, 4) is 0 Å². The molecule has 3 nitrogen and oxygen atoms in total. The molecule has 1 aromatic heterocycles. The normalized spacial score (nSPS) is 12.2. The number of hydrogen-bond donors (Lipinski definition) is 2. The summed E-state index contributed by atoms with van der Waals surface area (Å²) in [4.78, 5) is 7.87. The summed E-state index contributed by atoms with van der Waals surface area (Å²) in [5, 5.41) is 3.42. The fraction of sp³-hybridized carbons (Fsp3) is 0.462. The van der Waals surface area contributed by atoms with Crippen LogP contribution in [0.1, 0.15) is 32.2 Å². The molecule has 2 aromatic rings. The number of rotatable bonds is 2. The summed E-state index contributed by atoms with van der Waals surface area (Å²) >= 11 is 0. The molecule has 0 atom stereocenters. The molecule has 0 spiro atoms. The van der Waals surface area contributed by atoms with Crippen molar-refractivity contribution in [2.75, 3.05) is 0 Å². The summed E-state index contributed by atoms with van der Waals surface area (Å²) < 4.78 is 0. The summed E-state index contributed by atoms with van der Waals surface area (Å²) in [6, 6.07) is 6.27. The third kappa shape index (κ3) is 2.61. The minimum Gasteiger partial charge on any atom is -0.341 e. The lowest BCUT2D eigenvalue weighted by Gasteiger charge is -2.19. The maximum atomic E-state index is 4.54. The second-order valence-electron chi connectivity index (χ2n) is 5.31. The molecule has 0 aliphatic carbocycles. The van der Waals surface area contributed by atoms with Gasteiger partial charge in [0, 0.05) is 5.54 Å². The van der Waals surface area contributed by atoms with E-state index >= 15 is 0 Å². The molecule has 1 aromatic carbocycles. The average molecular weight is 217 g/mol. The van der Waals surface area contributed by atoms with Crippen LogP contribution in [-0.2, 0) is 6.54 Å². The van der Waals surface area contributed by atoms with Gasteiger partial charge in [-0.2, -0.15) is 0 Å². The summed E-state index contributed by atoms with van der Waals surface area (Å²) in [7, 11) is 0. The SMILES string of the molecule is Cc1ccc2nc(CNC(C)(C)C)[nH]c2c1.